The largest absolute Gasteiger partial charge is 0.329 e. The first-order chi connectivity index (χ1) is 9.65. The molecule has 0 unspecified atom stereocenters. The van der Waals surface area contributed by atoms with Crippen LogP contribution in [0, 0.1) is 6.92 Å². The van der Waals surface area contributed by atoms with E-state index in [-0.39, 0.29) is 0 Å². The second kappa shape index (κ2) is 5.25. The molecule has 0 fully saturated rings. The van der Waals surface area contributed by atoms with Crippen LogP contribution < -0.4 is 4.90 Å². The molecule has 0 amide bonds. The van der Waals surface area contributed by atoms with Crippen molar-refractivity contribution >= 4 is 38.2 Å². The minimum Gasteiger partial charge on any atom is -0.329 e. The first-order valence-electron chi connectivity index (χ1n) is 6.50. The summed E-state index contributed by atoms with van der Waals surface area (Å²) in [6.07, 6.45) is 1.85. The van der Waals surface area contributed by atoms with Crippen molar-refractivity contribution in [2.45, 2.75) is 6.92 Å². The van der Waals surface area contributed by atoms with Crippen LogP contribution >= 0.6 is 15.9 Å². The summed E-state index contributed by atoms with van der Waals surface area (Å²) in [4.78, 5) is 6.58. The summed E-state index contributed by atoms with van der Waals surface area (Å²) in [5.74, 6) is 0.945. The van der Waals surface area contributed by atoms with Gasteiger partial charge in [0.1, 0.15) is 5.82 Å². The van der Waals surface area contributed by atoms with Gasteiger partial charge in [-0.25, -0.2) is 4.98 Å². The molecule has 2 nitrogen and oxygen atoms in total. The Kier molecular flexibility index (Phi) is 3.45. The molecule has 0 spiro atoms. The highest BCUT2D eigenvalue weighted by molar-refractivity contribution is 9.10. The van der Waals surface area contributed by atoms with E-state index in [0.717, 1.165) is 16.0 Å². The Balaban J connectivity index is 2.02. The lowest BCUT2D eigenvalue weighted by Gasteiger charge is -2.19. The lowest BCUT2D eigenvalue weighted by molar-refractivity contribution is 1.11. The Morgan fingerprint density at radius 1 is 1.00 bits per heavy atom. The van der Waals surface area contributed by atoms with Crippen molar-refractivity contribution in [3.63, 3.8) is 0 Å². The monoisotopic (exact) mass is 326 g/mol. The van der Waals surface area contributed by atoms with Crippen LogP contribution in [0.4, 0.5) is 11.5 Å². The molecule has 100 valence electrons. The predicted octanol–water partition coefficient (Wildman–Crippen LogP) is 5.07. The maximum absolute atomic E-state index is 4.47. The van der Waals surface area contributed by atoms with Crippen molar-refractivity contribution in [3.8, 4) is 0 Å². The fourth-order valence-electron chi connectivity index (χ4n) is 2.23. The average Bonchev–Trinajstić information content (AvgIpc) is 2.49. The lowest BCUT2D eigenvalue weighted by Crippen LogP contribution is -2.11. The summed E-state index contributed by atoms with van der Waals surface area (Å²) in [6, 6.07) is 16.9. The van der Waals surface area contributed by atoms with Gasteiger partial charge in [-0.3, -0.25) is 0 Å². The minimum absolute atomic E-state index is 0.945. The molecule has 20 heavy (non-hydrogen) atoms. The Bertz CT molecular complexity index is 768. The van der Waals surface area contributed by atoms with Crippen LogP contribution in [0.5, 0.6) is 0 Å². The molecular formula is C17H15BrN2. The first kappa shape index (κ1) is 13.1. The third kappa shape index (κ3) is 2.41. The van der Waals surface area contributed by atoms with E-state index in [1.165, 1.54) is 16.3 Å². The van der Waals surface area contributed by atoms with Gasteiger partial charge in [0, 0.05) is 23.4 Å². The Morgan fingerprint density at radius 3 is 2.50 bits per heavy atom. The van der Waals surface area contributed by atoms with Gasteiger partial charge in [-0.05, 0) is 57.4 Å². The van der Waals surface area contributed by atoms with Crippen molar-refractivity contribution in [2.75, 3.05) is 11.9 Å². The molecule has 2 aromatic carbocycles. The zero-order chi connectivity index (χ0) is 14.1. The lowest BCUT2D eigenvalue weighted by atomic mass is 10.1. The smallest absolute Gasteiger partial charge is 0.132 e. The number of fused-ring (bicyclic) bond motifs is 1. The molecule has 3 heteroatoms. The number of aromatic nitrogens is 1. The van der Waals surface area contributed by atoms with E-state index in [2.05, 4.69) is 81.3 Å². The number of rotatable bonds is 2. The van der Waals surface area contributed by atoms with E-state index in [1.807, 2.05) is 13.2 Å². The first-order valence-corrected chi connectivity index (χ1v) is 7.29. The molecule has 0 N–H and O–H groups in total. The number of aryl methyl sites for hydroxylation is 1. The van der Waals surface area contributed by atoms with Gasteiger partial charge in [-0.15, -0.1) is 0 Å². The molecule has 0 saturated carbocycles. The van der Waals surface area contributed by atoms with E-state index < -0.39 is 0 Å². The summed E-state index contributed by atoms with van der Waals surface area (Å²) >= 11 is 3.49. The van der Waals surface area contributed by atoms with Crippen molar-refractivity contribution in [1.82, 2.24) is 4.98 Å². The van der Waals surface area contributed by atoms with Crippen LogP contribution in [-0.4, -0.2) is 12.0 Å². The summed E-state index contributed by atoms with van der Waals surface area (Å²) in [7, 11) is 2.04. The van der Waals surface area contributed by atoms with Crippen LogP contribution in [0.25, 0.3) is 10.8 Å². The Labute approximate surface area is 127 Å². The second-order valence-corrected chi connectivity index (χ2v) is 5.74. The Hall–Kier alpha value is -1.87. The molecular weight excluding hydrogens is 312 g/mol. The van der Waals surface area contributed by atoms with E-state index in [0.29, 0.717) is 0 Å². The molecule has 1 aromatic heterocycles. The maximum Gasteiger partial charge on any atom is 0.132 e. The molecule has 0 bridgehead atoms. The van der Waals surface area contributed by atoms with Crippen LogP contribution in [0.1, 0.15) is 5.56 Å². The third-order valence-electron chi connectivity index (χ3n) is 3.50. The molecule has 0 atom stereocenters. The fourth-order valence-corrected chi connectivity index (χ4v) is 2.44. The third-order valence-corrected chi connectivity index (χ3v) is 4.33. The van der Waals surface area contributed by atoms with Crippen LogP contribution in [0.3, 0.4) is 0 Å². The van der Waals surface area contributed by atoms with Crippen LogP contribution in [0.15, 0.2) is 59.2 Å². The highest BCUT2D eigenvalue weighted by Gasteiger charge is 2.07. The predicted molar refractivity (Wildman–Crippen MR) is 88.7 cm³/mol. The van der Waals surface area contributed by atoms with E-state index >= 15 is 0 Å². The summed E-state index contributed by atoms with van der Waals surface area (Å²) in [5.41, 5.74) is 2.32. The molecule has 0 saturated heterocycles. The number of halogens is 1. The zero-order valence-electron chi connectivity index (χ0n) is 11.5. The maximum atomic E-state index is 4.47. The highest BCUT2D eigenvalue weighted by Crippen LogP contribution is 2.27. The standard InChI is InChI=1S/C17H15BrN2/c1-12-9-17(19-11-16(12)18)20(2)15-8-7-13-5-3-4-6-14(13)10-15/h3-11H,1-2H3. The number of anilines is 2. The quantitative estimate of drug-likeness (QED) is 0.653. The van der Waals surface area contributed by atoms with Crippen LogP contribution in [-0.2, 0) is 0 Å². The number of hydrogen-bond acceptors (Lipinski definition) is 2. The summed E-state index contributed by atoms with van der Waals surface area (Å²) in [6.45, 7) is 2.07. The number of pyridine rings is 1. The number of nitrogens with zero attached hydrogens (tertiary/aromatic N) is 2. The van der Waals surface area contributed by atoms with Crippen molar-refractivity contribution in [1.29, 1.82) is 0 Å². The normalized spacial score (nSPS) is 10.8. The second-order valence-electron chi connectivity index (χ2n) is 4.88. The van der Waals surface area contributed by atoms with Crippen molar-refractivity contribution in [3.05, 3.63) is 64.8 Å². The molecule has 3 aromatic rings. The van der Waals surface area contributed by atoms with Gasteiger partial charge in [-0.1, -0.05) is 30.3 Å². The molecule has 0 aliphatic carbocycles. The van der Waals surface area contributed by atoms with Gasteiger partial charge in [0.25, 0.3) is 0 Å². The number of benzene rings is 2. The molecule has 1 heterocycles. The molecule has 3 rings (SSSR count). The van der Waals surface area contributed by atoms with Crippen molar-refractivity contribution in [2.24, 2.45) is 0 Å². The molecule has 0 radical (unpaired) electrons. The van der Waals surface area contributed by atoms with Gasteiger partial charge in [-0.2, -0.15) is 0 Å². The minimum atomic E-state index is 0.945. The van der Waals surface area contributed by atoms with Gasteiger partial charge < -0.3 is 4.90 Å². The van der Waals surface area contributed by atoms with Crippen molar-refractivity contribution < 1.29 is 0 Å². The summed E-state index contributed by atoms with van der Waals surface area (Å²) < 4.78 is 1.04. The highest BCUT2D eigenvalue weighted by atomic mass is 79.9. The number of hydrogen-bond donors (Lipinski definition) is 0. The summed E-state index contributed by atoms with van der Waals surface area (Å²) in [5, 5.41) is 2.50. The van der Waals surface area contributed by atoms with E-state index in [1.54, 1.807) is 0 Å². The van der Waals surface area contributed by atoms with Gasteiger partial charge >= 0.3 is 0 Å². The van der Waals surface area contributed by atoms with Gasteiger partial charge in [0.15, 0.2) is 0 Å². The van der Waals surface area contributed by atoms with E-state index in [4.69, 9.17) is 0 Å². The molecule has 0 aliphatic rings. The van der Waals surface area contributed by atoms with E-state index in [9.17, 15) is 0 Å². The van der Waals surface area contributed by atoms with Gasteiger partial charge in [0.05, 0.1) is 0 Å². The zero-order valence-corrected chi connectivity index (χ0v) is 13.1. The molecule has 0 aliphatic heterocycles. The topological polar surface area (TPSA) is 16.1 Å². The average molecular weight is 327 g/mol. The Morgan fingerprint density at radius 2 is 1.75 bits per heavy atom. The SMILES string of the molecule is Cc1cc(N(C)c2ccc3ccccc3c2)ncc1Br. The van der Waals surface area contributed by atoms with Crippen LogP contribution in [0.2, 0.25) is 0 Å². The van der Waals surface area contributed by atoms with Gasteiger partial charge in [0.2, 0.25) is 0 Å². The fraction of sp³-hybridized carbons (Fsp3) is 0.118.